The molecule has 0 atom stereocenters. The molecule has 0 fully saturated rings. The van der Waals surface area contributed by atoms with Gasteiger partial charge in [-0.2, -0.15) is 0 Å². The number of fused-ring (bicyclic) bond motifs is 1. The summed E-state index contributed by atoms with van der Waals surface area (Å²) in [6, 6.07) is 11.1. The normalized spacial score (nSPS) is 10.8. The molecular formula is C16H13NO3S. The number of nitrogens with one attached hydrogen (secondary N) is 1. The maximum absolute atomic E-state index is 12.0. The Kier molecular flexibility index (Phi) is 3.35. The van der Waals surface area contributed by atoms with Crippen LogP contribution in [-0.2, 0) is 4.74 Å². The molecule has 0 unspecified atom stereocenters. The SMILES string of the molecule is COC(=O)c1sc2[nH]c(=O)ccc2c1-c1ccc(C)cc1. The standard InChI is InChI=1S/C16H13NO3S/c1-9-3-5-10(6-4-9)13-11-7-8-12(18)17-15(11)21-14(13)16(19)20-2/h3-8H,1-2H3,(H,17,18). The number of esters is 1. The molecule has 3 aromatic rings. The molecular weight excluding hydrogens is 286 g/mol. The highest BCUT2D eigenvalue weighted by Crippen LogP contribution is 2.37. The lowest BCUT2D eigenvalue weighted by molar-refractivity contribution is 0.0607. The summed E-state index contributed by atoms with van der Waals surface area (Å²) in [5.41, 5.74) is 2.69. The number of methoxy groups -OCH3 is 1. The van der Waals surface area contributed by atoms with Crippen molar-refractivity contribution in [2.75, 3.05) is 7.11 Å². The van der Waals surface area contributed by atoms with Crippen LogP contribution in [0.3, 0.4) is 0 Å². The zero-order chi connectivity index (χ0) is 15.0. The third kappa shape index (κ3) is 2.36. The van der Waals surface area contributed by atoms with E-state index < -0.39 is 5.97 Å². The van der Waals surface area contributed by atoms with Crippen molar-refractivity contribution in [3.05, 3.63) is 57.2 Å². The molecule has 0 saturated carbocycles. The van der Waals surface area contributed by atoms with Crippen LogP contribution in [0.4, 0.5) is 0 Å². The van der Waals surface area contributed by atoms with Gasteiger partial charge in [0.25, 0.3) is 0 Å². The quantitative estimate of drug-likeness (QED) is 0.738. The highest BCUT2D eigenvalue weighted by Gasteiger charge is 2.20. The molecule has 3 rings (SSSR count). The van der Waals surface area contributed by atoms with Gasteiger partial charge >= 0.3 is 5.97 Å². The molecule has 0 aliphatic rings. The summed E-state index contributed by atoms with van der Waals surface area (Å²) in [5.74, 6) is -0.396. The summed E-state index contributed by atoms with van der Waals surface area (Å²) in [7, 11) is 1.36. The monoisotopic (exact) mass is 299 g/mol. The Bertz CT molecular complexity index is 875. The van der Waals surface area contributed by atoms with Crippen molar-refractivity contribution >= 4 is 27.5 Å². The molecule has 0 radical (unpaired) electrons. The summed E-state index contributed by atoms with van der Waals surface area (Å²) in [5, 5.41) is 0.851. The van der Waals surface area contributed by atoms with Gasteiger partial charge in [-0.05, 0) is 18.6 Å². The van der Waals surface area contributed by atoms with Gasteiger partial charge in [-0.25, -0.2) is 4.79 Å². The molecule has 21 heavy (non-hydrogen) atoms. The van der Waals surface area contributed by atoms with E-state index in [1.54, 1.807) is 6.07 Å². The molecule has 2 aromatic heterocycles. The second kappa shape index (κ2) is 5.18. The smallest absolute Gasteiger partial charge is 0.348 e. The Balaban J connectivity index is 2.34. The molecule has 2 heterocycles. The van der Waals surface area contributed by atoms with Crippen molar-refractivity contribution in [1.29, 1.82) is 0 Å². The molecule has 0 spiro atoms. The van der Waals surface area contributed by atoms with E-state index in [4.69, 9.17) is 4.74 Å². The first-order valence-electron chi connectivity index (χ1n) is 6.41. The van der Waals surface area contributed by atoms with Crippen LogP contribution in [0.2, 0.25) is 0 Å². The maximum Gasteiger partial charge on any atom is 0.348 e. The summed E-state index contributed by atoms with van der Waals surface area (Å²) in [6.45, 7) is 2.01. The fourth-order valence-electron chi connectivity index (χ4n) is 2.25. The van der Waals surface area contributed by atoms with Crippen molar-refractivity contribution < 1.29 is 9.53 Å². The fourth-order valence-corrected chi connectivity index (χ4v) is 3.38. The van der Waals surface area contributed by atoms with E-state index in [9.17, 15) is 9.59 Å². The Morgan fingerprint density at radius 3 is 2.52 bits per heavy atom. The van der Waals surface area contributed by atoms with E-state index >= 15 is 0 Å². The number of hydrogen-bond donors (Lipinski definition) is 1. The minimum absolute atomic E-state index is 0.185. The van der Waals surface area contributed by atoms with Crippen LogP contribution in [0.15, 0.2) is 41.2 Å². The third-order valence-corrected chi connectivity index (χ3v) is 4.40. The molecule has 1 aromatic carbocycles. The topological polar surface area (TPSA) is 59.2 Å². The van der Waals surface area contributed by atoms with Gasteiger partial charge in [0.05, 0.1) is 7.11 Å². The summed E-state index contributed by atoms with van der Waals surface area (Å²) < 4.78 is 4.86. The van der Waals surface area contributed by atoms with Crippen molar-refractivity contribution in [3.8, 4) is 11.1 Å². The van der Waals surface area contributed by atoms with Gasteiger partial charge in [-0.3, -0.25) is 4.79 Å². The van der Waals surface area contributed by atoms with Crippen molar-refractivity contribution in [2.45, 2.75) is 6.92 Å². The fraction of sp³-hybridized carbons (Fsp3) is 0.125. The first kappa shape index (κ1) is 13.6. The number of benzene rings is 1. The van der Waals surface area contributed by atoms with E-state index in [0.29, 0.717) is 9.71 Å². The van der Waals surface area contributed by atoms with Crippen molar-refractivity contribution in [1.82, 2.24) is 4.98 Å². The van der Waals surface area contributed by atoms with Gasteiger partial charge in [-0.1, -0.05) is 29.8 Å². The Morgan fingerprint density at radius 2 is 1.86 bits per heavy atom. The van der Waals surface area contributed by atoms with E-state index in [0.717, 1.165) is 22.1 Å². The highest BCUT2D eigenvalue weighted by molar-refractivity contribution is 7.21. The van der Waals surface area contributed by atoms with Gasteiger partial charge in [0.1, 0.15) is 9.71 Å². The number of thiophene rings is 1. The minimum atomic E-state index is -0.396. The lowest BCUT2D eigenvalue weighted by Crippen LogP contribution is -2.01. The van der Waals surface area contributed by atoms with Gasteiger partial charge in [0, 0.05) is 17.0 Å². The number of pyridine rings is 1. The molecule has 0 amide bonds. The van der Waals surface area contributed by atoms with E-state index in [1.807, 2.05) is 31.2 Å². The van der Waals surface area contributed by atoms with E-state index in [2.05, 4.69) is 4.98 Å². The van der Waals surface area contributed by atoms with Crippen LogP contribution in [0.5, 0.6) is 0 Å². The van der Waals surface area contributed by atoms with Gasteiger partial charge in [0.15, 0.2) is 0 Å². The number of aryl methyl sites for hydroxylation is 1. The zero-order valence-corrected chi connectivity index (χ0v) is 12.4. The number of ether oxygens (including phenoxy) is 1. The van der Waals surface area contributed by atoms with Crippen LogP contribution < -0.4 is 5.56 Å². The van der Waals surface area contributed by atoms with Crippen LogP contribution >= 0.6 is 11.3 Å². The molecule has 106 valence electrons. The van der Waals surface area contributed by atoms with Gasteiger partial charge in [-0.15, -0.1) is 11.3 Å². The number of carbonyl (C=O) groups excluding carboxylic acids is 1. The average molecular weight is 299 g/mol. The summed E-state index contributed by atoms with van der Waals surface area (Å²) in [4.78, 5) is 27.4. The molecule has 0 aliphatic heterocycles. The van der Waals surface area contributed by atoms with Crippen molar-refractivity contribution in [3.63, 3.8) is 0 Å². The summed E-state index contributed by atoms with van der Waals surface area (Å²) in [6.07, 6.45) is 0. The number of H-pyrrole nitrogens is 1. The van der Waals surface area contributed by atoms with Crippen molar-refractivity contribution in [2.24, 2.45) is 0 Å². The number of hydrogen-bond acceptors (Lipinski definition) is 4. The second-order valence-electron chi connectivity index (χ2n) is 4.73. The number of rotatable bonds is 2. The second-order valence-corrected chi connectivity index (χ2v) is 5.75. The molecule has 1 N–H and O–H groups in total. The first-order chi connectivity index (χ1) is 10.1. The zero-order valence-electron chi connectivity index (χ0n) is 11.6. The predicted molar refractivity (Wildman–Crippen MR) is 84.0 cm³/mol. The van der Waals surface area contributed by atoms with Gasteiger partial charge < -0.3 is 9.72 Å². The van der Waals surface area contributed by atoms with Gasteiger partial charge in [0.2, 0.25) is 5.56 Å². The number of aromatic amines is 1. The molecule has 0 saturated heterocycles. The highest BCUT2D eigenvalue weighted by atomic mass is 32.1. The molecule has 5 heteroatoms. The third-order valence-electron chi connectivity index (χ3n) is 3.29. The molecule has 4 nitrogen and oxygen atoms in total. The number of aromatic nitrogens is 1. The first-order valence-corrected chi connectivity index (χ1v) is 7.23. The maximum atomic E-state index is 12.0. The lowest BCUT2D eigenvalue weighted by Gasteiger charge is -2.04. The lowest BCUT2D eigenvalue weighted by atomic mass is 10.0. The molecule has 0 aliphatic carbocycles. The van der Waals surface area contributed by atoms with Crippen LogP contribution in [-0.4, -0.2) is 18.1 Å². The van der Waals surface area contributed by atoms with Crippen LogP contribution in [0, 0.1) is 6.92 Å². The number of carbonyl (C=O) groups is 1. The predicted octanol–water partition coefficient (Wildman–Crippen LogP) is 3.35. The minimum Gasteiger partial charge on any atom is -0.465 e. The van der Waals surface area contributed by atoms with E-state index in [1.165, 1.54) is 24.5 Å². The Hall–Kier alpha value is -2.40. The van der Waals surface area contributed by atoms with Crippen LogP contribution in [0.25, 0.3) is 21.3 Å². The summed E-state index contributed by atoms with van der Waals surface area (Å²) >= 11 is 1.24. The Morgan fingerprint density at radius 1 is 1.14 bits per heavy atom. The molecule has 0 bridgehead atoms. The Labute approximate surface area is 125 Å². The average Bonchev–Trinajstić information content (AvgIpc) is 2.85. The van der Waals surface area contributed by atoms with E-state index in [-0.39, 0.29) is 5.56 Å². The largest absolute Gasteiger partial charge is 0.465 e. The van der Waals surface area contributed by atoms with Crippen LogP contribution in [0.1, 0.15) is 15.2 Å².